The molecule has 1 heterocycles. The van der Waals surface area contributed by atoms with E-state index in [0.717, 1.165) is 6.07 Å². The maximum atomic E-state index is 13.7. The van der Waals surface area contributed by atoms with Crippen LogP contribution in [-0.4, -0.2) is 15.7 Å². The highest BCUT2D eigenvalue weighted by atomic mass is 35.5. The molecule has 0 unspecified atom stereocenters. The van der Waals surface area contributed by atoms with Crippen molar-refractivity contribution < 1.29 is 18.0 Å². The van der Waals surface area contributed by atoms with Crippen LogP contribution in [0.1, 0.15) is 16.2 Å². The van der Waals surface area contributed by atoms with E-state index in [2.05, 4.69) is 5.10 Å². The van der Waals surface area contributed by atoms with Crippen molar-refractivity contribution in [3.8, 4) is 5.69 Å². The fourth-order valence-electron chi connectivity index (χ4n) is 2.35. The van der Waals surface area contributed by atoms with Gasteiger partial charge in [-0.15, -0.1) is 0 Å². The lowest BCUT2D eigenvalue weighted by Crippen LogP contribution is -2.27. The van der Waals surface area contributed by atoms with E-state index in [1.807, 2.05) is 5.32 Å². The summed E-state index contributed by atoms with van der Waals surface area (Å²) in [5.74, 6) is -5.77. The molecule has 9 heteroatoms. The fourth-order valence-corrected chi connectivity index (χ4v) is 2.48. The molecule has 2 aromatic carbocycles. The summed E-state index contributed by atoms with van der Waals surface area (Å²) in [6.45, 7) is 1.61. The van der Waals surface area contributed by atoms with E-state index >= 15 is 0 Å². The van der Waals surface area contributed by atoms with Crippen molar-refractivity contribution >= 4 is 23.2 Å². The summed E-state index contributed by atoms with van der Waals surface area (Å²) in [5.41, 5.74) is -0.889. The summed E-state index contributed by atoms with van der Waals surface area (Å²) in [5, 5.41) is 6.51. The zero-order valence-corrected chi connectivity index (χ0v) is 14.5. The number of aromatic nitrogens is 2. The Balaban J connectivity index is 2.00. The number of amides is 1. The molecule has 0 atom stereocenters. The van der Waals surface area contributed by atoms with E-state index in [4.69, 9.17) is 11.6 Å². The first-order chi connectivity index (χ1) is 12.8. The van der Waals surface area contributed by atoms with Crippen molar-refractivity contribution in [2.45, 2.75) is 6.92 Å². The van der Waals surface area contributed by atoms with Gasteiger partial charge in [0.15, 0.2) is 23.1 Å². The highest BCUT2D eigenvalue weighted by Gasteiger charge is 2.19. The number of halogens is 4. The van der Waals surface area contributed by atoms with Crippen molar-refractivity contribution in [3.05, 3.63) is 86.6 Å². The number of nitrogens with one attached hydrogen (secondary N) is 1. The number of nitrogens with zero attached hydrogens (tertiary/aromatic N) is 2. The van der Waals surface area contributed by atoms with E-state index in [-0.39, 0.29) is 0 Å². The Hall–Kier alpha value is -3.13. The Kier molecular flexibility index (Phi) is 5.00. The molecular weight excluding hydrogens is 383 g/mol. The van der Waals surface area contributed by atoms with Crippen molar-refractivity contribution in [1.82, 2.24) is 9.78 Å². The molecule has 0 aliphatic carbocycles. The van der Waals surface area contributed by atoms with E-state index in [9.17, 15) is 22.8 Å². The van der Waals surface area contributed by atoms with Crippen LogP contribution in [0, 0.1) is 24.4 Å². The number of benzene rings is 2. The molecular formula is C18H11ClF3N3O2. The maximum absolute atomic E-state index is 13.7. The summed E-state index contributed by atoms with van der Waals surface area (Å²) in [4.78, 5) is 24.5. The van der Waals surface area contributed by atoms with Gasteiger partial charge in [0.25, 0.3) is 5.91 Å². The number of aryl methyl sites for hydroxylation is 1. The Bertz CT molecular complexity index is 1100. The zero-order chi connectivity index (χ0) is 19.7. The molecule has 0 spiro atoms. The van der Waals surface area contributed by atoms with Crippen LogP contribution in [0.15, 0.2) is 47.3 Å². The minimum atomic E-state index is -1.73. The van der Waals surface area contributed by atoms with Gasteiger partial charge in [-0.3, -0.25) is 9.59 Å². The summed E-state index contributed by atoms with van der Waals surface area (Å²) in [7, 11) is 0. The molecule has 0 aliphatic heterocycles. The van der Waals surface area contributed by atoms with Gasteiger partial charge >= 0.3 is 0 Å². The summed E-state index contributed by atoms with van der Waals surface area (Å²) >= 11 is 5.84. The fraction of sp³-hybridized carbons (Fsp3) is 0.0556. The van der Waals surface area contributed by atoms with Gasteiger partial charge in [-0.25, -0.2) is 17.9 Å². The van der Waals surface area contributed by atoms with Crippen LogP contribution in [0.25, 0.3) is 5.69 Å². The number of anilines is 1. The monoisotopic (exact) mass is 393 g/mol. The molecule has 0 fully saturated rings. The SMILES string of the molecule is Cc1cc(=O)c(C(=O)Nc2ccc(F)c(F)c2F)nn1-c1ccc(Cl)cc1. The standard InChI is InChI=1S/C18H11ClF3N3O2/c1-9-8-14(26)17(24-25(9)11-4-2-10(19)3-5-11)18(27)23-13-7-6-12(20)15(21)16(13)22/h2-8H,1H3,(H,23,27). The van der Waals surface area contributed by atoms with Gasteiger partial charge in [-0.05, 0) is 43.3 Å². The third-order valence-electron chi connectivity index (χ3n) is 3.68. The van der Waals surface area contributed by atoms with Crippen LogP contribution in [0.3, 0.4) is 0 Å². The summed E-state index contributed by atoms with van der Waals surface area (Å²) < 4.78 is 41.4. The average Bonchev–Trinajstić information content (AvgIpc) is 2.63. The molecule has 1 aromatic heterocycles. The van der Waals surface area contributed by atoms with Gasteiger partial charge in [0.1, 0.15) is 0 Å². The van der Waals surface area contributed by atoms with Crippen molar-refractivity contribution in [2.75, 3.05) is 5.32 Å². The second kappa shape index (κ2) is 7.24. The molecule has 3 aromatic rings. The molecule has 0 saturated carbocycles. The number of carbonyl (C=O) groups excluding carboxylic acids is 1. The highest BCUT2D eigenvalue weighted by Crippen LogP contribution is 2.20. The lowest BCUT2D eigenvalue weighted by atomic mass is 10.2. The molecule has 0 radical (unpaired) electrons. The van der Waals surface area contributed by atoms with Crippen LogP contribution in [0.5, 0.6) is 0 Å². The van der Waals surface area contributed by atoms with Crippen molar-refractivity contribution in [1.29, 1.82) is 0 Å². The molecule has 27 heavy (non-hydrogen) atoms. The van der Waals surface area contributed by atoms with Gasteiger partial charge in [0, 0.05) is 16.8 Å². The van der Waals surface area contributed by atoms with Crippen LogP contribution < -0.4 is 10.7 Å². The van der Waals surface area contributed by atoms with Crippen molar-refractivity contribution in [2.24, 2.45) is 0 Å². The Morgan fingerprint density at radius 2 is 1.74 bits per heavy atom. The Morgan fingerprint density at radius 3 is 2.41 bits per heavy atom. The largest absolute Gasteiger partial charge is 0.318 e. The molecule has 0 saturated heterocycles. The number of hydrogen-bond acceptors (Lipinski definition) is 3. The molecule has 0 aliphatic rings. The van der Waals surface area contributed by atoms with Gasteiger partial charge in [-0.1, -0.05) is 11.6 Å². The first kappa shape index (κ1) is 18.7. The van der Waals surface area contributed by atoms with Crippen LogP contribution >= 0.6 is 11.6 Å². The second-order valence-corrected chi connectivity index (χ2v) is 6.00. The number of rotatable bonds is 3. The van der Waals surface area contributed by atoms with Gasteiger partial charge in [-0.2, -0.15) is 5.10 Å². The lowest BCUT2D eigenvalue weighted by molar-refractivity contribution is 0.101. The number of carbonyl (C=O) groups is 1. The van der Waals surface area contributed by atoms with E-state index < -0.39 is 40.2 Å². The molecule has 1 amide bonds. The van der Waals surface area contributed by atoms with E-state index in [0.29, 0.717) is 22.5 Å². The first-order valence-electron chi connectivity index (χ1n) is 7.59. The van der Waals surface area contributed by atoms with Crippen LogP contribution in [0.2, 0.25) is 5.02 Å². The van der Waals surface area contributed by atoms with E-state index in [1.165, 1.54) is 10.7 Å². The zero-order valence-electron chi connectivity index (χ0n) is 13.8. The lowest BCUT2D eigenvalue weighted by Gasteiger charge is -2.12. The van der Waals surface area contributed by atoms with E-state index in [1.54, 1.807) is 31.2 Å². The van der Waals surface area contributed by atoms with Gasteiger partial charge in [0.2, 0.25) is 5.43 Å². The predicted octanol–water partition coefficient (Wildman–Crippen LogP) is 3.86. The summed E-state index contributed by atoms with van der Waals surface area (Å²) in [6, 6.07) is 9.14. The van der Waals surface area contributed by atoms with Gasteiger partial charge in [0.05, 0.1) is 11.4 Å². The molecule has 1 N–H and O–H groups in total. The topological polar surface area (TPSA) is 64.0 Å². The normalized spacial score (nSPS) is 10.7. The molecule has 0 bridgehead atoms. The Morgan fingerprint density at radius 1 is 1.07 bits per heavy atom. The smallest absolute Gasteiger partial charge is 0.280 e. The minimum Gasteiger partial charge on any atom is -0.318 e. The minimum absolute atomic E-state index is 0.442. The third kappa shape index (κ3) is 3.70. The highest BCUT2D eigenvalue weighted by molar-refractivity contribution is 6.30. The number of hydrogen-bond donors (Lipinski definition) is 1. The predicted molar refractivity (Wildman–Crippen MR) is 93.9 cm³/mol. The maximum Gasteiger partial charge on any atom is 0.280 e. The first-order valence-corrected chi connectivity index (χ1v) is 7.97. The molecule has 5 nitrogen and oxygen atoms in total. The molecule has 3 rings (SSSR count). The summed E-state index contributed by atoms with van der Waals surface area (Å²) in [6.07, 6.45) is 0. The van der Waals surface area contributed by atoms with Gasteiger partial charge < -0.3 is 5.32 Å². The molecule has 138 valence electrons. The third-order valence-corrected chi connectivity index (χ3v) is 3.93. The van der Waals surface area contributed by atoms with Crippen LogP contribution in [-0.2, 0) is 0 Å². The average molecular weight is 394 g/mol. The Labute approximate surface area is 156 Å². The quantitative estimate of drug-likeness (QED) is 0.687. The second-order valence-electron chi connectivity index (χ2n) is 5.56. The van der Waals surface area contributed by atoms with Crippen molar-refractivity contribution in [3.63, 3.8) is 0 Å². The van der Waals surface area contributed by atoms with Crippen LogP contribution in [0.4, 0.5) is 18.9 Å².